The zero-order valence-corrected chi connectivity index (χ0v) is 13.8. The zero-order valence-electron chi connectivity index (χ0n) is 13.8. The molecule has 4 rings (SSSR count). The second kappa shape index (κ2) is 5.37. The molecule has 128 valence electrons. The minimum absolute atomic E-state index is 0.0668. The van der Waals surface area contributed by atoms with Gasteiger partial charge in [0.15, 0.2) is 0 Å². The Morgan fingerprint density at radius 1 is 1.20 bits per heavy atom. The number of amides is 1. The Morgan fingerprint density at radius 3 is 2.72 bits per heavy atom. The number of carbonyl (C=O) groups excluding carboxylic acids is 1. The summed E-state index contributed by atoms with van der Waals surface area (Å²) in [6.45, 7) is 1.04. The first-order valence-corrected chi connectivity index (χ1v) is 7.98. The number of carbonyl (C=O) groups is 1. The second-order valence-corrected chi connectivity index (χ2v) is 6.68. The number of benzene rings is 1. The average molecular weight is 342 g/mol. The van der Waals surface area contributed by atoms with Crippen molar-refractivity contribution in [3.8, 4) is 5.88 Å². The van der Waals surface area contributed by atoms with Gasteiger partial charge in [-0.05, 0) is 48.7 Å². The smallest absolute Gasteiger partial charge is 0.388 e. The molecule has 1 aromatic carbocycles. The highest BCUT2D eigenvalue weighted by Gasteiger charge is 2.35. The molecule has 0 unspecified atom stereocenters. The van der Waals surface area contributed by atoms with E-state index in [1.807, 2.05) is 38.1 Å². The maximum absolute atomic E-state index is 12.3. The number of hydrogen-bond acceptors (Lipinski definition) is 3. The van der Waals surface area contributed by atoms with Gasteiger partial charge < -0.3 is 10.1 Å². The molecule has 2 aliphatic rings. The standard InChI is InChI=1S/C19H16F2N2O2/c1-19(2)14-9-10(3-4-13(14)17(24)23-19)11-5-7-15-12(11)6-8-16(22-15)25-18(20)21/h3-6,8-9,18H,7H2,1-2H3,(H,23,24). The van der Waals surface area contributed by atoms with E-state index in [1.54, 1.807) is 6.07 Å². The highest BCUT2D eigenvalue weighted by Crippen LogP contribution is 2.37. The van der Waals surface area contributed by atoms with E-state index in [-0.39, 0.29) is 11.8 Å². The summed E-state index contributed by atoms with van der Waals surface area (Å²) in [6, 6.07) is 8.95. The van der Waals surface area contributed by atoms with Crippen LogP contribution in [0.5, 0.6) is 5.88 Å². The number of aromatic nitrogens is 1. The van der Waals surface area contributed by atoms with Gasteiger partial charge in [0.2, 0.25) is 5.88 Å². The van der Waals surface area contributed by atoms with E-state index in [1.165, 1.54) is 6.07 Å². The number of ether oxygens (including phenoxy) is 1. The van der Waals surface area contributed by atoms with Gasteiger partial charge in [0.1, 0.15) is 0 Å². The van der Waals surface area contributed by atoms with E-state index >= 15 is 0 Å². The molecule has 0 atom stereocenters. The van der Waals surface area contributed by atoms with Gasteiger partial charge in [-0.25, -0.2) is 4.98 Å². The van der Waals surface area contributed by atoms with Crippen LogP contribution in [0.2, 0.25) is 0 Å². The second-order valence-electron chi connectivity index (χ2n) is 6.68. The Balaban J connectivity index is 1.71. The van der Waals surface area contributed by atoms with Crippen molar-refractivity contribution >= 4 is 11.5 Å². The van der Waals surface area contributed by atoms with Crippen LogP contribution in [0.4, 0.5) is 8.78 Å². The summed E-state index contributed by atoms with van der Waals surface area (Å²) in [6.07, 6.45) is 2.57. The van der Waals surface area contributed by atoms with Crippen LogP contribution in [0.3, 0.4) is 0 Å². The van der Waals surface area contributed by atoms with Gasteiger partial charge in [-0.15, -0.1) is 0 Å². The Bertz CT molecular complexity index is 920. The lowest BCUT2D eigenvalue weighted by Gasteiger charge is -2.20. The number of allylic oxidation sites excluding steroid dienone is 1. The third-order valence-electron chi connectivity index (χ3n) is 4.62. The van der Waals surface area contributed by atoms with Crippen LogP contribution < -0.4 is 10.1 Å². The number of hydrogen-bond donors (Lipinski definition) is 1. The van der Waals surface area contributed by atoms with E-state index in [0.29, 0.717) is 17.7 Å². The molecule has 6 heteroatoms. The van der Waals surface area contributed by atoms with Gasteiger partial charge in [0.25, 0.3) is 5.91 Å². The van der Waals surface area contributed by atoms with Gasteiger partial charge in [-0.2, -0.15) is 8.78 Å². The fourth-order valence-corrected chi connectivity index (χ4v) is 3.47. The van der Waals surface area contributed by atoms with E-state index in [2.05, 4.69) is 15.0 Å². The van der Waals surface area contributed by atoms with E-state index in [9.17, 15) is 13.6 Å². The highest BCUT2D eigenvalue weighted by molar-refractivity contribution is 6.00. The van der Waals surface area contributed by atoms with Crippen molar-refractivity contribution in [2.24, 2.45) is 0 Å². The first kappa shape index (κ1) is 15.7. The van der Waals surface area contributed by atoms with Gasteiger partial charge in [-0.1, -0.05) is 12.1 Å². The van der Waals surface area contributed by atoms with Gasteiger partial charge in [0, 0.05) is 23.6 Å². The molecule has 1 aromatic heterocycles. The molecule has 1 N–H and O–H groups in total. The Kier molecular flexibility index (Phi) is 3.39. The van der Waals surface area contributed by atoms with Crippen molar-refractivity contribution in [1.82, 2.24) is 10.3 Å². The Labute approximate surface area is 143 Å². The van der Waals surface area contributed by atoms with Crippen LogP contribution in [0.25, 0.3) is 5.57 Å². The number of halogens is 2. The third-order valence-corrected chi connectivity index (χ3v) is 4.62. The number of rotatable bonds is 3. The van der Waals surface area contributed by atoms with Crippen LogP contribution in [0, 0.1) is 0 Å². The first-order chi connectivity index (χ1) is 11.8. The Morgan fingerprint density at radius 2 is 1.96 bits per heavy atom. The van der Waals surface area contributed by atoms with Crippen molar-refractivity contribution in [3.05, 3.63) is 64.4 Å². The van der Waals surface area contributed by atoms with Gasteiger partial charge in [0.05, 0.1) is 11.2 Å². The number of alkyl halides is 2. The fourth-order valence-electron chi connectivity index (χ4n) is 3.47. The number of nitrogens with one attached hydrogen (secondary N) is 1. The summed E-state index contributed by atoms with van der Waals surface area (Å²) in [4.78, 5) is 16.2. The molecule has 0 fully saturated rings. The molecule has 0 spiro atoms. The molecule has 0 bridgehead atoms. The number of fused-ring (bicyclic) bond motifs is 2. The molecule has 1 amide bonds. The maximum atomic E-state index is 12.3. The van der Waals surface area contributed by atoms with Crippen LogP contribution in [-0.2, 0) is 12.0 Å². The molecule has 25 heavy (non-hydrogen) atoms. The summed E-state index contributed by atoms with van der Waals surface area (Å²) in [5, 5.41) is 2.96. The lowest BCUT2D eigenvalue weighted by molar-refractivity contribution is -0.0529. The summed E-state index contributed by atoms with van der Waals surface area (Å²) in [5.41, 5.74) is 4.80. The predicted molar refractivity (Wildman–Crippen MR) is 88.6 cm³/mol. The van der Waals surface area contributed by atoms with E-state index < -0.39 is 12.2 Å². The molecule has 2 heterocycles. The zero-order chi connectivity index (χ0) is 17.8. The molecular formula is C19H16F2N2O2. The molecule has 2 aromatic rings. The molecule has 4 nitrogen and oxygen atoms in total. The van der Waals surface area contributed by atoms with Crippen molar-refractivity contribution in [3.63, 3.8) is 0 Å². The summed E-state index contributed by atoms with van der Waals surface area (Å²) < 4.78 is 29.0. The van der Waals surface area contributed by atoms with Crippen LogP contribution in [0.15, 0.2) is 36.4 Å². The fraction of sp³-hybridized carbons (Fsp3) is 0.263. The molecule has 0 saturated heterocycles. The molecular weight excluding hydrogens is 326 g/mol. The summed E-state index contributed by atoms with van der Waals surface area (Å²) >= 11 is 0. The van der Waals surface area contributed by atoms with Gasteiger partial charge in [-0.3, -0.25) is 4.79 Å². The summed E-state index contributed by atoms with van der Waals surface area (Å²) in [5.74, 6) is -0.143. The largest absolute Gasteiger partial charge is 0.417 e. The molecule has 0 radical (unpaired) electrons. The topological polar surface area (TPSA) is 51.2 Å². The van der Waals surface area contributed by atoms with Crippen LogP contribution in [0.1, 0.15) is 46.6 Å². The monoisotopic (exact) mass is 342 g/mol. The molecule has 1 aliphatic carbocycles. The third kappa shape index (κ3) is 2.58. The minimum Gasteiger partial charge on any atom is -0.417 e. The average Bonchev–Trinajstić information content (AvgIpc) is 3.05. The van der Waals surface area contributed by atoms with Crippen molar-refractivity contribution < 1.29 is 18.3 Å². The minimum atomic E-state index is -2.89. The lowest BCUT2D eigenvalue weighted by atomic mass is 9.90. The lowest BCUT2D eigenvalue weighted by Crippen LogP contribution is -2.32. The van der Waals surface area contributed by atoms with Crippen LogP contribution >= 0.6 is 0 Å². The summed E-state index contributed by atoms with van der Waals surface area (Å²) in [7, 11) is 0. The number of pyridine rings is 1. The van der Waals surface area contributed by atoms with E-state index in [4.69, 9.17) is 0 Å². The van der Waals surface area contributed by atoms with Gasteiger partial charge >= 0.3 is 6.61 Å². The van der Waals surface area contributed by atoms with Crippen LogP contribution in [-0.4, -0.2) is 17.5 Å². The molecule has 1 aliphatic heterocycles. The quantitative estimate of drug-likeness (QED) is 0.926. The first-order valence-electron chi connectivity index (χ1n) is 7.98. The highest BCUT2D eigenvalue weighted by atomic mass is 19.3. The maximum Gasteiger partial charge on any atom is 0.388 e. The number of nitrogens with zero attached hydrogens (tertiary/aromatic N) is 1. The normalized spacial score (nSPS) is 17.2. The molecule has 0 saturated carbocycles. The predicted octanol–water partition coefficient (Wildman–Crippen LogP) is 3.65. The van der Waals surface area contributed by atoms with Crippen molar-refractivity contribution in [2.45, 2.75) is 32.4 Å². The SMILES string of the molecule is CC1(C)NC(=O)c2ccc(C3=CCc4nc(OC(F)F)ccc43)cc21. The van der Waals surface area contributed by atoms with E-state index in [0.717, 1.165) is 22.3 Å². The Hall–Kier alpha value is -2.76. The van der Waals surface area contributed by atoms with Crippen molar-refractivity contribution in [1.29, 1.82) is 0 Å². The van der Waals surface area contributed by atoms with Crippen molar-refractivity contribution in [2.75, 3.05) is 0 Å².